The molecule has 0 unspecified atom stereocenters. The predicted molar refractivity (Wildman–Crippen MR) is 92.4 cm³/mol. The Kier molecular flexibility index (Phi) is 8.33. The monoisotopic (exact) mass is 320 g/mol. The van der Waals surface area contributed by atoms with Crippen LogP contribution in [0.5, 0.6) is 5.75 Å². The number of hydrogen-bond donors (Lipinski definition) is 1. The number of rotatable bonds is 10. The van der Waals surface area contributed by atoms with Gasteiger partial charge >= 0.3 is 0 Å². The lowest BCUT2D eigenvalue weighted by molar-refractivity contribution is 0.0946. The molecule has 0 atom stereocenters. The van der Waals surface area contributed by atoms with E-state index < -0.39 is 0 Å². The van der Waals surface area contributed by atoms with E-state index in [1.54, 1.807) is 18.2 Å². The number of Topliss-reactive ketones (excluding diaryl/α,β-unsaturated/α-hetero) is 1. The average Bonchev–Trinajstić information content (AvgIpc) is 2.58. The minimum Gasteiger partial charge on any atom is -0.496 e. The molecule has 0 aromatic heterocycles. The molecular formula is C18H28N2O3. The van der Waals surface area contributed by atoms with Crippen LogP contribution in [0.2, 0.25) is 0 Å². The normalized spacial score (nSPS) is 10.7. The first kappa shape index (κ1) is 19.2. The van der Waals surface area contributed by atoms with Gasteiger partial charge in [-0.3, -0.25) is 9.59 Å². The van der Waals surface area contributed by atoms with Crippen molar-refractivity contribution in [1.82, 2.24) is 10.2 Å². The average molecular weight is 320 g/mol. The molecule has 5 heteroatoms. The zero-order valence-corrected chi connectivity index (χ0v) is 14.6. The Bertz CT molecular complexity index is 525. The van der Waals surface area contributed by atoms with Crippen molar-refractivity contribution in [3.8, 4) is 5.75 Å². The van der Waals surface area contributed by atoms with Crippen LogP contribution in [-0.4, -0.2) is 49.9 Å². The Morgan fingerprint density at radius 1 is 1.17 bits per heavy atom. The SMILES string of the molecule is CCCC(=O)c1ccc(OC)c(C(=O)NCCN(CC)CC)c1. The first-order valence-electron chi connectivity index (χ1n) is 8.29. The van der Waals surface area contributed by atoms with Crippen molar-refractivity contribution in [2.45, 2.75) is 33.6 Å². The fourth-order valence-corrected chi connectivity index (χ4v) is 2.39. The van der Waals surface area contributed by atoms with E-state index in [0.717, 1.165) is 26.1 Å². The van der Waals surface area contributed by atoms with Gasteiger partial charge in [0.15, 0.2) is 5.78 Å². The van der Waals surface area contributed by atoms with Crippen LogP contribution in [0.1, 0.15) is 54.3 Å². The third-order valence-electron chi connectivity index (χ3n) is 3.85. The van der Waals surface area contributed by atoms with E-state index in [1.165, 1.54) is 7.11 Å². The number of carbonyl (C=O) groups excluding carboxylic acids is 2. The Morgan fingerprint density at radius 3 is 2.43 bits per heavy atom. The van der Waals surface area contributed by atoms with Crippen molar-refractivity contribution in [3.63, 3.8) is 0 Å². The lowest BCUT2D eigenvalue weighted by Gasteiger charge is -2.18. The van der Waals surface area contributed by atoms with Crippen LogP contribution in [0, 0.1) is 0 Å². The van der Waals surface area contributed by atoms with Gasteiger partial charge in [-0.1, -0.05) is 20.8 Å². The molecular weight excluding hydrogens is 292 g/mol. The van der Waals surface area contributed by atoms with Gasteiger partial charge in [0.05, 0.1) is 12.7 Å². The highest BCUT2D eigenvalue weighted by Crippen LogP contribution is 2.21. The van der Waals surface area contributed by atoms with E-state index in [-0.39, 0.29) is 11.7 Å². The van der Waals surface area contributed by atoms with Crippen LogP contribution < -0.4 is 10.1 Å². The third-order valence-corrected chi connectivity index (χ3v) is 3.85. The van der Waals surface area contributed by atoms with E-state index in [2.05, 4.69) is 24.1 Å². The standard InChI is InChI=1S/C18H28N2O3/c1-5-8-16(21)14-9-10-17(23-4)15(13-14)18(22)19-11-12-20(6-2)7-3/h9-10,13H,5-8,11-12H2,1-4H3,(H,19,22). The van der Waals surface area contributed by atoms with Crippen LogP contribution in [-0.2, 0) is 0 Å². The van der Waals surface area contributed by atoms with Gasteiger partial charge in [-0.2, -0.15) is 0 Å². The second-order valence-electron chi connectivity index (χ2n) is 5.37. The molecule has 0 spiro atoms. The molecule has 1 N–H and O–H groups in total. The molecule has 1 amide bonds. The summed E-state index contributed by atoms with van der Waals surface area (Å²) in [4.78, 5) is 26.7. The minimum atomic E-state index is -0.208. The minimum absolute atomic E-state index is 0.0485. The van der Waals surface area contributed by atoms with Crippen LogP contribution in [0.4, 0.5) is 0 Å². The topological polar surface area (TPSA) is 58.6 Å². The molecule has 0 fully saturated rings. The molecule has 0 saturated heterocycles. The summed E-state index contributed by atoms with van der Waals surface area (Å²) in [6, 6.07) is 5.02. The fourth-order valence-electron chi connectivity index (χ4n) is 2.39. The summed E-state index contributed by atoms with van der Waals surface area (Å²) in [5.74, 6) is 0.325. The quantitative estimate of drug-likeness (QED) is 0.674. The Hall–Kier alpha value is -1.88. The van der Waals surface area contributed by atoms with Gasteiger partial charge in [0, 0.05) is 25.1 Å². The Morgan fingerprint density at radius 2 is 1.87 bits per heavy atom. The van der Waals surface area contributed by atoms with E-state index in [4.69, 9.17) is 4.74 Å². The van der Waals surface area contributed by atoms with Crippen LogP contribution in [0.15, 0.2) is 18.2 Å². The summed E-state index contributed by atoms with van der Waals surface area (Å²) in [5.41, 5.74) is 0.968. The van der Waals surface area contributed by atoms with Gasteiger partial charge < -0.3 is 15.0 Å². The zero-order valence-electron chi connectivity index (χ0n) is 14.6. The molecule has 1 aromatic carbocycles. The number of benzene rings is 1. The van der Waals surface area contributed by atoms with Crippen molar-refractivity contribution in [3.05, 3.63) is 29.3 Å². The maximum atomic E-state index is 12.4. The molecule has 0 heterocycles. The van der Waals surface area contributed by atoms with Crippen molar-refractivity contribution in [2.24, 2.45) is 0 Å². The summed E-state index contributed by atoms with van der Waals surface area (Å²) in [6.45, 7) is 9.43. The van der Waals surface area contributed by atoms with E-state index in [9.17, 15) is 9.59 Å². The van der Waals surface area contributed by atoms with Crippen LogP contribution in [0.25, 0.3) is 0 Å². The van der Waals surface area contributed by atoms with Gasteiger partial charge in [0.2, 0.25) is 0 Å². The molecule has 5 nitrogen and oxygen atoms in total. The van der Waals surface area contributed by atoms with Gasteiger partial charge in [0.25, 0.3) is 5.91 Å². The fraction of sp³-hybridized carbons (Fsp3) is 0.556. The molecule has 23 heavy (non-hydrogen) atoms. The number of amides is 1. The first-order valence-corrected chi connectivity index (χ1v) is 8.29. The van der Waals surface area contributed by atoms with Crippen molar-refractivity contribution in [2.75, 3.05) is 33.3 Å². The van der Waals surface area contributed by atoms with Crippen molar-refractivity contribution < 1.29 is 14.3 Å². The number of methoxy groups -OCH3 is 1. The lowest BCUT2D eigenvalue weighted by Crippen LogP contribution is -2.35. The number of ether oxygens (including phenoxy) is 1. The lowest BCUT2D eigenvalue weighted by atomic mass is 10.0. The summed E-state index contributed by atoms with van der Waals surface area (Å²) >= 11 is 0. The maximum Gasteiger partial charge on any atom is 0.255 e. The van der Waals surface area contributed by atoms with Crippen molar-refractivity contribution >= 4 is 11.7 Å². The van der Waals surface area contributed by atoms with E-state index in [1.807, 2.05) is 6.92 Å². The zero-order chi connectivity index (χ0) is 17.2. The molecule has 0 radical (unpaired) electrons. The van der Waals surface area contributed by atoms with E-state index >= 15 is 0 Å². The summed E-state index contributed by atoms with van der Waals surface area (Å²) in [7, 11) is 1.52. The second-order valence-corrected chi connectivity index (χ2v) is 5.37. The smallest absolute Gasteiger partial charge is 0.255 e. The van der Waals surface area contributed by atoms with Crippen molar-refractivity contribution in [1.29, 1.82) is 0 Å². The number of nitrogens with zero attached hydrogens (tertiary/aromatic N) is 1. The molecule has 0 saturated carbocycles. The molecule has 1 rings (SSSR count). The summed E-state index contributed by atoms with van der Waals surface area (Å²) < 4.78 is 5.25. The van der Waals surface area contributed by atoms with Gasteiger partial charge in [-0.05, 0) is 37.7 Å². The summed E-state index contributed by atoms with van der Waals surface area (Å²) in [5, 5.41) is 2.90. The number of hydrogen-bond acceptors (Lipinski definition) is 4. The highest BCUT2D eigenvalue weighted by molar-refractivity contribution is 6.02. The third kappa shape index (κ3) is 5.67. The van der Waals surface area contributed by atoms with Gasteiger partial charge in [-0.25, -0.2) is 0 Å². The van der Waals surface area contributed by atoms with E-state index in [0.29, 0.717) is 29.8 Å². The first-order chi connectivity index (χ1) is 11.1. The summed E-state index contributed by atoms with van der Waals surface area (Å²) in [6.07, 6.45) is 1.27. The Labute approximate surface area is 139 Å². The number of nitrogens with one attached hydrogen (secondary N) is 1. The highest BCUT2D eigenvalue weighted by Gasteiger charge is 2.15. The number of carbonyl (C=O) groups is 2. The maximum absolute atomic E-state index is 12.4. The van der Waals surface area contributed by atoms with Crippen LogP contribution in [0.3, 0.4) is 0 Å². The number of likely N-dealkylation sites (N-methyl/N-ethyl adjacent to an activating group) is 1. The van der Waals surface area contributed by atoms with Gasteiger partial charge in [-0.15, -0.1) is 0 Å². The molecule has 0 aliphatic heterocycles. The van der Waals surface area contributed by atoms with Crippen LogP contribution >= 0.6 is 0 Å². The molecule has 128 valence electrons. The molecule has 0 aliphatic rings. The second kappa shape index (κ2) is 10.0. The highest BCUT2D eigenvalue weighted by atomic mass is 16.5. The van der Waals surface area contributed by atoms with Gasteiger partial charge in [0.1, 0.15) is 5.75 Å². The predicted octanol–water partition coefficient (Wildman–Crippen LogP) is 2.75. The molecule has 1 aromatic rings. The molecule has 0 bridgehead atoms. The molecule has 0 aliphatic carbocycles. The number of ketones is 1. The largest absolute Gasteiger partial charge is 0.496 e. The Balaban J connectivity index is 2.81.